The topological polar surface area (TPSA) is 86.6 Å². The van der Waals surface area contributed by atoms with E-state index >= 15 is 0 Å². The number of pyridine rings is 1. The Morgan fingerprint density at radius 1 is 1.53 bits per heavy atom. The summed E-state index contributed by atoms with van der Waals surface area (Å²) in [6.45, 7) is 1.49. The van der Waals surface area contributed by atoms with Crippen LogP contribution in [0.15, 0.2) is 23.5 Å². The zero-order valence-corrected chi connectivity index (χ0v) is 9.68. The molecule has 1 aromatic rings. The molecule has 0 aromatic carbocycles. The van der Waals surface area contributed by atoms with Crippen molar-refractivity contribution in [2.24, 2.45) is 5.16 Å². The van der Waals surface area contributed by atoms with Crippen LogP contribution in [0.5, 0.6) is 0 Å². The van der Waals surface area contributed by atoms with Crippen molar-refractivity contribution in [2.75, 3.05) is 20.1 Å². The van der Waals surface area contributed by atoms with Gasteiger partial charge in [0.05, 0.1) is 17.5 Å². The Morgan fingerprint density at radius 2 is 2.35 bits per heavy atom. The second-order valence-electron chi connectivity index (χ2n) is 3.43. The highest BCUT2D eigenvalue weighted by Crippen LogP contribution is 1.98. The van der Waals surface area contributed by atoms with Gasteiger partial charge < -0.3 is 15.8 Å². The molecule has 0 spiro atoms. The Balaban J connectivity index is 2.46. The van der Waals surface area contributed by atoms with Gasteiger partial charge >= 0.3 is 0 Å². The molecule has 1 amide bonds. The summed E-state index contributed by atoms with van der Waals surface area (Å²) < 4.78 is 0. The Labute approximate surface area is 99.7 Å². The van der Waals surface area contributed by atoms with Crippen LogP contribution < -0.4 is 10.6 Å². The fraction of sp³-hybridized carbons (Fsp3) is 0.364. The van der Waals surface area contributed by atoms with Crippen LogP contribution in [0.25, 0.3) is 0 Å². The molecule has 0 aliphatic rings. The minimum atomic E-state index is -0.152. The average Bonchev–Trinajstić information content (AvgIpc) is 2.36. The molecule has 6 heteroatoms. The summed E-state index contributed by atoms with van der Waals surface area (Å²) in [5.41, 5.74) is 0.990. The Kier molecular flexibility index (Phi) is 5.67. The van der Waals surface area contributed by atoms with Crippen molar-refractivity contribution in [2.45, 2.75) is 6.42 Å². The van der Waals surface area contributed by atoms with Crippen molar-refractivity contribution in [1.82, 2.24) is 15.6 Å². The van der Waals surface area contributed by atoms with E-state index in [0.717, 1.165) is 13.0 Å². The molecule has 0 bridgehead atoms. The lowest BCUT2D eigenvalue weighted by atomic mass is 10.2. The van der Waals surface area contributed by atoms with Gasteiger partial charge in [-0.15, -0.1) is 0 Å². The highest BCUT2D eigenvalue weighted by Gasteiger charge is 2.04. The van der Waals surface area contributed by atoms with Gasteiger partial charge in [-0.1, -0.05) is 5.16 Å². The highest BCUT2D eigenvalue weighted by molar-refractivity contribution is 5.94. The number of nitrogens with zero attached hydrogens (tertiary/aromatic N) is 2. The molecule has 0 atom stereocenters. The summed E-state index contributed by atoms with van der Waals surface area (Å²) in [6.07, 6.45) is 3.53. The first-order valence-corrected chi connectivity index (χ1v) is 5.34. The molecule has 0 aliphatic carbocycles. The predicted octanol–water partition coefficient (Wildman–Crippen LogP) is 0.229. The summed E-state index contributed by atoms with van der Waals surface area (Å²) in [7, 11) is 1.87. The lowest BCUT2D eigenvalue weighted by Crippen LogP contribution is -2.26. The average molecular weight is 236 g/mol. The molecule has 0 unspecified atom stereocenters. The molecule has 6 nitrogen and oxygen atoms in total. The third-order valence-electron chi connectivity index (χ3n) is 2.13. The SMILES string of the molecule is CNCCCNC(=O)c1ccc(/C=N\O)nc1. The summed E-state index contributed by atoms with van der Waals surface area (Å²) in [5.74, 6) is -0.152. The van der Waals surface area contributed by atoms with Crippen LogP contribution in [0.1, 0.15) is 22.5 Å². The van der Waals surface area contributed by atoms with Gasteiger partial charge in [-0.25, -0.2) is 0 Å². The van der Waals surface area contributed by atoms with Gasteiger partial charge in [0, 0.05) is 12.7 Å². The predicted molar refractivity (Wildman–Crippen MR) is 64.5 cm³/mol. The molecule has 17 heavy (non-hydrogen) atoms. The van der Waals surface area contributed by atoms with E-state index in [1.54, 1.807) is 12.1 Å². The van der Waals surface area contributed by atoms with Gasteiger partial charge in [0.2, 0.25) is 0 Å². The summed E-state index contributed by atoms with van der Waals surface area (Å²) in [5, 5.41) is 16.9. The molecule has 0 saturated heterocycles. The number of oxime groups is 1. The summed E-state index contributed by atoms with van der Waals surface area (Å²) in [6, 6.07) is 3.25. The van der Waals surface area contributed by atoms with E-state index in [1.165, 1.54) is 12.4 Å². The molecule has 0 radical (unpaired) electrons. The molecule has 0 fully saturated rings. The van der Waals surface area contributed by atoms with Crippen LogP contribution in [-0.4, -0.2) is 42.5 Å². The maximum Gasteiger partial charge on any atom is 0.252 e. The van der Waals surface area contributed by atoms with Crippen LogP contribution in [0.4, 0.5) is 0 Å². The maximum absolute atomic E-state index is 11.6. The zero-order valence-electron chi connectivity index (χ0n) is 9.68. The highest BCUT2D eigenvalue weighted by atomic mass is 16.4. The van der Waals surface area contributed by atoms with E-state index in [0.29, 0.717) is 17.8 Å². The van der Waals surface area contributed by atoms with Gasteiger partial charge in [-0.05, 0) is 32.1 Å². The van der Waals surface area contributed by atoms with Crippen molar-refractivity contribution in [1.29, 1.82) is 0 Å². The van der Waals surface area contributed by atoms with Crippen molar-refractivity contribution in [3.05, 3.63) is 29.6 Å². The number of aromatic nitrogens is 1. The normalized spacial score (nSPS) is 10.6. The van der Waals surface area contributed by atoms with E-state index in [1.807, 2.05) is 7.05 Å². The molecule has 0 aliphatic heterocycles. The van der Waals surface area contributed by atoms with Crippen LogP contribution in [0.3, 0.4) is 0 Å². The fourth-order valence-electron chi connectivity index (χ4n) is 1.24. The standard InChI is InChI=1S/C11H16N4O2/c1-12-5-2-6-13-11(16)9-3-4-10(8-15-17)14-7-9/h3-4,7-8,12,17H,2,5-6H2,1H3,(H,13,16)/b15-8-. The van der Waals surface area contributed by atoms with Crippen molar-refractivity contribution >= 4 is 12.1 Å². The molecule has 3 N–H and O–H groups in total. The van der Waals surface area contributed by atoms with E-state index in [4.69, 9.17) is 5.21 Å². The molecule has 1 heterocycles. The fourth-order valence-corrected chi connectivity index (χ4v) is 1.24. The van der Waals surface area contributed by atoms with Gasteiger partial charge in [0.15, 0.2) is 0 Å². The van der Waals surface area contributed by atoms with Crippen LogP contribution in [0.2, 0.25) is 0 Å². The van der Waals surface area contributed by atoms with Gasteiger partial charge in [0.25, 0.3) is 5.91 Å². The third-order valence-corrected chi connectivity index (χ3v) is 2.13. The molecular weight excluding hydrogens is 220 g/mol. The third kappa shape index (κ3) is 4.60. The van der Waals surface area contributed by atoms with E-state index in [2.05, 4.69) is 20.8 Å². The summed E-state index contributed by atoms with van der Waals surface area (Å²) >= 11 is 0. The molecule has 1 aromatic heterocycles. The first-order chi connectivity index (χ1) is 8.27. The minimum Gasteiger partial charge on any atom is -0.411 e. The number of carbonyl (C=O) groups excluding carboxylic acids is 1. The number of hydrogen-bond donors (Lipinski definition) is 3. The lowest BCUT2D eigenvalue weighted by Gasteiger charge is -2.04. The Bertz CT molecular complexity index is 376. The second-order valence-corrected chi connectivity index (χ2v) is 3.43. The second kappa shape index (κ2) is 7.34. The number of amides is 1. The molecular formula is C11H16N4O2. The Morgan fingerprint density at radius 3 is 2.94 bits per heavy atom. The smallest absolute Gasteiger partial charge is 0.252 e. The van der Waals surface area contributed by atoms with Crippen molar-refractivity contribution < 1.29 is 10.0 Å². The number of rotatable bonds is 6. The van der Waals surface area contributed by atoms with Crippen LogP contribution >= 0.6 is 0 Å². The molecule has 0 saturated carbocycles. The van der Waals surface area contributed by atoms with E-state index < -0.39 is 0 Å². The van der Waals surface area contributed by atoms with Gasteiger partial charge in [0.1, 0.15) is 0 Å². The Hall–Kier alpha value is -1.95. The number of nitrogens with one attached hydrogen (secondary N) is 2. The van der Waals surface area contributed by atoms with Crippen LogP contribution in [0, 0.1) is 0 Å². The lowest BCUT2D eigenvalue weighted by molar-refractivity contribution is 0.0953. The maximum atomic E-state index is 11.6. The quantitative estimate of drug-likeness (QED) is 0.285. The van der Waals surface area contributed by atoms with E-state index in [9.17, 15) is 4.79 Å². The van der Waals surface area contributed by atoms with Gasteiger partial charge in [-0.3, -0.25) is 9.78 Å². The molecule has 1 rings (SSSR count). The van der Waals surface area contributed by atoms with Crippen LogP contribution in [-0.2, 0) is 0 Å². The zero-order chi connectivity index (χ0) is 12.5. The van der Waals surface area contributed by atoms with Crippen molar-refractivity contribution in [3.63, 3.8) is 0 Å². The van der Waals surface area contributed by atoms with E-state index in [-0.39, 0.29) is 5.91 Å². The first-order valence-electron chi connectivity index (χ1n) is 5.34. The monoisotopic (exact) mass is 236 g/mol. The largest absolute Gasteiger partial charge is 0.411 e. The van der Waals surface area contributed by atoms with Gasteiger partial charge in [-0.2, -0.15) is 0 Å². The molecule has 92 valence electrons. The number of hydrogen-bond acceptors (Lipinski definition) is 5. The minimum absolute atomic E-state index is 0.152. The first kappa shape index (κ1) is 13.1. The summed E-state index contributed by atoms with van der Waals surface area (Å²) in [4.78, 5) is 15.6. The number of carbonyl (C=O) groups is 1. The van der Waals surface area contributed by atoms with Crippen molar-refractivity contribution in [3.8, 4) is 0 Å².